The van der Waals surface area contributed by atoms with Crippen molar-refractivity contribution in [1.29, 1.82) is 0 Å². The van der Waals surface area contributed by atoms with Gasteiger partial charge in [-0.1, -0.05) is 34.8 Å². The van der Waals surface area contributed by atoms with Crippen LogP contribution in [0.5, 0.6) is 0 Å². The van der Waals surface area contributed by atoms with Crippen molar-refractivity contribution in [2.45, 2.75) is 25.7 Å². The molecule has 2 nitrogen and oxygen atoms in total. The quantitative estimate of drug-likeness (QED) is 0.731. The number of rotatable bonds is 4. The lowest BCUT2D eigenvalue weighted by Gasteiger charge is -2.30. The van der Waals surface area contributed by atoms with Crippen molar-refractivity contribution in [1.82, 2.24) is 5.32 Å². The van der Waals surface area contributed by atoms with E-state index in [1.165, 1.54) is 25.3 Å². The van der Waals surface area contributed by atoms with E-state index in [1.807, 2.05) is 0 Å². The molecular formula is C15H18Br2FNO. The van der Waals surface area contributed by atoms with Crippen LogP contribution in [-0.2, 0) is 0 Å². The summed E-state index contributed by atoms with van der Waals surface area (Å²) in [6.45, 7) is 0.626. The average molecular weight is 407 g/mol. The summed E-state index contributed by atoms with van der Waals surface area (Å²) in [6, 6.07) is 4.77. The Kier molecular flexibility index (Phi) is 6.02. The van der Waals surface area contributed by atoms with Crippen LogP contribution >= 0.6 is 31.9 Å². The molecule has 0 aliphatic heterocycles. The maximum absolute atomic E-state index is 13.8. The van der Waals surface area contributed by atoms with Gasteiger partial charge in [-0.15, -0.1) is 0 Å². The molecule has 1 fully saturated rings. The molecule has 1 aromatic rings. The maximum atomic E-state index is 13.8. The molecule has 2 rings (SSSR count). The van der Waals surface area contributed by atoms with Gasteiger partial charge in [0.1, 0.15) is 5.82 Å². The predicted molar refractivity (Wildman–Crippen MR) is 85.7 cm³/mol. The summed E-state index contributed by atoms with van der Waals surface area (Å²) in [5.41, 5.74) is 0.102. The molecule has 20 heavy (non-hydrogen) atoms. The second-order valence-corrected chi connectivity index (χ2v) is 6.77. The zero-order chi connectivity index (χ0) is 14.5. The van der Waals surface area contributed by atoms with Gasteiger partial charge in [0.2, 0.25) is 0 Å². The summed E-state index contributed by atoms with van der Waals surface area (Å²) in [6.07, 6.45) is 4.82. The van der Waals surface area contributed by atoms with Crippen LogP contribution in [0.15, 0.2) is 22.7 Å². The first-order valence-electron chi connectivity index (χ1n) is 6.91. The van der Waals surface area contributed by atoms with E-state index in [4.69, 9.17) is 0 Å². The van der Waals surface area contributed by atoms with Gasteiger partial charge in [0.25, 0.3) is 5.91 Å². The van der Waals surface area contributed by atoms with Crippen molar-refractivity contribution in [3.05, 3.63) is 34.1 Å². The summed E-state index contributed by atoms with van der Waals surface area (Å²) in [7, 11) is 0. The topological polar surface area (TPSA) is 29.1 Å². The van der Waals surface area contributed by atoms with Crippen molar-refractivity contribution in [2.24, 2.45) is 11.8 Å². The molecule has 110 valence electrons. The number of hydrogen-bond acceptors (Lipinski definition) is 1. The van der Waals surface area contributed by atoms with Gasteiger partial charge < -0.3 is 5.32 Å². The fraction of sp³-hybridized carbons (Fsp3) is 0.533. The zero-order valence-electron chi connectivity index (χ0n) is 11.2. The molecule has 1 saturated carbocycles. The van der Waals surface area contributed by atoms with Crippen LogP contribution in [-0.4, -0.2) is 17.8 Å². The highest BCUT2D eigenvalue weighted by molar-refractivity contribution is 9.10. The van der Waals surface area contributed by atoms with Crippen molar-refractivity contribution < 1.29 is 9.18 Å². The van der Waals surface area contributed by atoms with Gasteiger partial charge in [-0.3, -0.25) is 4.79 Å². The summed E-state index contributed by atoms with van der Waals surface area (Å²) >= 11 is 6.65. The van der Waals surface area contributed by atoms with E-state index in [-0.39, 0.29) is 11.5 Å². The number of hydrogen-bond donors (Lipinski definition) is 1. The Balaban J connectivity index is 1.96. The van der Waals surface area contributed by atoms with Crippen LogP contribution < -0.4 is 5.32 Å². The van der Waals surface area contributed by atoms with Gasteiger partial charge in [0, 0.05) is 11.9 Å². The third-order valence-corrected chi connectivity index (χ3v) is 5.43. The molecule has 0 aromatic heterocycles. The van der Waals surface area contributed by atoms with E-state index in [1.54, 1.807) is 12.1 Å². The second-order valence-electron chi connectivity index (χ2n) is 5.27. The van der Waals surface area contributed by atoms with Crippen molar-refractivity contribution >= 4 is 37.8 Å². The van der Waals surface area contributed by atoms with Crippen LogP contribution in [0.1, 0.15) is 36.0 Å². The molecule has 2 atom stereocenters. The molecule has 1 aliphatic carbocycles. The third kappa shape index (κ3) is 3.82. The monoisotopic (exact) mass is 405 g/mol. The molecule has 1 N–H and O–H groups in total. The molecule has 0 heterocycles. The van der Waals surface area contributed by atoms with Gasteiger partial charge in [-0.25, -0.2) is 4.39 Å². The molecule has 0 saturated heterocycles. The molecular weight excluding hydrogens is 389 g/mol. The minimum Gasteiger partial charge on any atom is -0.352 e. The SMILES string of the molecule is O=C(NCC1CCCCC1CBr)c1cccc(Br)c1F. The van der Waals surface area contributed by atoms with Crippen molar-refractivity contribution in [2.75, 3.05) is 11.9 Å². The lowest BCUT2D eigenvalue weighted by Crippen LogP contribution is -2.35. The third-order valence-electron chi connectivity index (χ3n) is 3.99. The number of alkyl halides is 1. The first-order chi connectivity index (χ1) is 9.63. The number of carbonyl (C=O) groups excluding carboxylic acids is 1. The van der Waals surface area contributed by atoms with Crippen LogP contribution in [0.4, 0.5) is 4.39 Å². The van der Waals surface area contributed by atoms with E-state index in [2.05, 4.69) is 37.2 Å². The standard InChI is InChI=1S/C15H18Br2FNO/c16-8-10-4-1-2-5-11(10)9-19-15(20)12-6-3-7-13(17)14(12)18/h3,6-7,10-11H,1-2,4-5,8-9H2,(H,19,20). The van der Waals surface area contributed by atoms with Gasteiger partial charge in [0.05, 0.1) is 10.0 Å². The van der Waals surface area contributed by atoms with Crippen LogP contribution in [0.2, 0.25) is 0 Å². The van der Waals surface area contributed by atoms with Gasteiger partial charge in [-0.2, -0.15) is 0 Å². The number of carbonyl (C=O) groups is 1. The maximum Gasteiger partial charge on any atom is 0.254 e. The van der Waals surface area contributed by atoms with Crippen LogP contribution in [0.25, 0.3) is 0 Å². The van der Waals surface area contributed by atoms with Gasteiger partial charge in [-0.05, 0) is 52.7 Å². The number of amides is 1. The summed E-state index contributed by atoms with van der Waals surface area (Å²) in [5.74, 6) is 0.270. The van der Waals surface area contributed by atoms with E-state index >= 15 is 0 Å². The highest BCUT2D eigenvalue weighted by Crippen LogP contribution is 2.30. The van der Waals surface area contributed by atoms with E-state index in [9.17, 15) is 9.18 Å². The fourth-order valence-electron chi connectivity index (χ4n) is 2.75. The normalized spacial score (nSPS) is 22.6. The Hall–Kier alpha value is -0.420. The zero-order valence-corrected chi connectivity index (χ0v) is 14.3. The smallest absolute Gasteiger partial charge is 0.254 e. The molecule has 1 aliphatic rings. The Morgan fingerprint density at radius 1 is 1.30 bits per heavy atom. The first kappa shape index (κ1) is 16.0. The fourth-order valence-corrected chi connectivity index (χ4v) is 3.97. The molecule has 5 heteroatoms. The van der Waals surface area contributed by atoms with Crippen molar-refractivity contribution in [3.63, 3.8) is 0 Å². The number of halogens is 3. The number of nitrogens with one attached hydrogen (secondary N) is 1. The van der Waals surface area contributed by atoms with Crippen molar-refractivity contribution in [3.8, 4) is 0 Å². The molecule has 1 amide bonds. The highest BCUT2D eigenvalue weighted by Gasteiger charge is 2.25. The van der Waals surface area contributed by atoms with Gasteiger partial charge in [0.15, 0.2) is 0 Å². The molecule has 2 unspecified atom stereocenters. The molecule has 0 spiro atoms. The van der Waals surface area contributed by atoms with E-state index in [0.717, 1.165) is 11.8 Å². The minimum atomic E-state index is -0.495. The summed E-state index contributed by atoms with van der Waals surface area (Å²) in [4.78, 5) is 12.1. The minimum absolute atomic E-state index is 0.102. The lowest BCUT2D eigenvalue weighted by atomic mass is 9.80. The largest absolute Gasteiger partial charge is 0.352 e. The summed E-state index contributed by atoms with van der Waals surface area (Å²) in [5, 5.41) is 3.85. The predicted octanol–water partition coefficient (Wildman–Crippen LogP) is 4.52. The van der Waals surface area contributed by atoms with E-state index in [0.29, 0.717) is 22.9 Å². The Morgan fingerprint density at radius 3 is 2.70 bits per heavy atom. The lowest BCUT2D eigenvalue weighted by molar-refractivity contribution is 0.0933. The Morgan fingerprint density at radius 2 is 2.00 bits per heavy atom. The van der Waals surface area contributed by atoms with Crippen LogP contribution in [0.3, 0.4) is 0 Å². The molecule has 0 radical (unpaired) electrons. The summed E-state index contributed by atoms with van der Waals surface area (Å²) < 4.78 is 14.2. The Labute approximate surface area is 135 Å². The van der Waals surface area contributed by atoms with Gasteiger partial charge >= 0.3 is 0 Å². The average Bonchev–Trinajstić information content (AvgIpc) is 2.48. The van der Waals surface area contributed by atoms with E-state index < -0.39 is 5.82 Å². The molecule has 1 aromatic carbocycles. The Bertz CT molecular complexity index is 481. The number of benzene rings is 1. The second kappa shape index (κ2) is 7.55. The first-order valence-corrected chi connectivity index (χ1v) is 8.83. The highest BCUT2D eigenvalue weighted by atomic mass is 79.9. The van der Waals surface area contributed by atoms with Crippen LogP contribution in [0, 0.1) is 17.7 Å². The molecule has 0 bridgehead atoms.